The number of nitrogens with two attached hydrogens (primary N) is 1. The molecule has 1 aromatic rings. The number of thioether (sulfide) groups is 1. The first-order valence-electron chi connectivity index (χ1n) is 4.48. The normalized spacial score (nSPS) is 20.3. The maximum Gasteiger partial charge on any atom is 0.282 e. The highest BCUT2D eigenvalue weighted by molar-refractivity contribution is 7.99. The van der Waals surface area contributed by atoms with Crippen molar-refractivity contribution >= 4 is 17.8 Å². The molecule has 0 saturated carbocycles. The van der Waals surface area contributed by atoms with E-state index in [4.69, 9.17) is 10.5 Å². The monoisotopic (exact) mass is 208 g/mol. The molecule has 2 rings (SSSR count). The fraction of sp³-hybridized carbons (Fsp3) is 0.300. The number of amidine groups is 1. The Labute approximate surface area is 87.4 Å². The minimum absolute atomic E-state index is 0.209. The van der Waals surface area contributed by atoms with Gasteiger partial charge in [0.05, 0.1) is 6.04 Å². The number of nitrogens with zero attached hydrogens (tertiary/aromatic N) is 1. The van der Waals surface area contributed by atoms with Crippen LogP contribution in [0.25, 0.3) is 0 Å². The average Bonchev–Trinajstić information content (AvgIpc) is 2.63. The number of aliphatic imine (C=N–C) groups is 1. The van der Waals surface area contributed by atoms with Gasteiger partial charge < -0.3 is 10.5 Å². The minimum Gasteiger partial charge on any atom is -0.463 e. The van der Waals surface area contributed by atoms with Gasteiger partial charge in [0, 0.05) is 10.6 Å². The molecule has 3 nitrogen and oxygen atoms in total. The molecule has 0 amide bonds. The van der Waals surface area contributed by atoms with Crippen LogP contribution in [0, 0.1) is 0 Å². The zero-order valence-corrected chi connectivity index (χ0v) is 8.54. The number of benzene rings is 1. The number of ether oxygens (including phenoxy) is 1. The van der Waals surface area contributed by atoms with E-state index in [0.717, 1.165) is 5.75 Å². The third kappa shape index (κ3) is 2.42. The van der Waals surface area contributed by atoms with E-state index < -0.39 is 0 Å². The van der Waals surface area contributed by atoms with Crippen LogP contribution in [0.2, 0.25) is 0 Å². The molecule has 4 heteroatoms. The fourth-order valence-electron chi connectivity index (χ4n) is 1.23. The van der Waals surface area contributed by atoms with Crippen LogP contribution < -0.4 is 5.73 Å². The van der Waals surface area contributed by atoms with E-state index in [-0.39, 0.29) is 6.04 Å². The van der Waals surface area contributed by atoms with Crippen molar-refractivity contribution in [2.24, 2.45) is 10.7 Å². The Morgan fingerprint density at radius 3 is 2.86 bits per heavy atom. The molecule has 2 N–H and O–H groups in total. The second-order valence-corrected chi connectivity index (χ2v) is 4.15. The number of rotatable bonds is 3. The summed E-state index contributed by atoms with van der Waals surface area (Å²) in [6.07, 6.45) is 0. The van der Waals surface area contributed by atoms with E-state index in [1.165, 1.54) is 4.90 Å². The Morgan fingerprint density at radius 1 is 1.43 bits per heavy atom. The minimum atomic E-state index is 0.209. The molecule has 1 unspecified atom stereocenters. The first kappa shape index (κ1) is 9.40. The van der Waals surface area contributed by atoms with E-state index >= 15 is 0 Å². The van der Waals surface area contributed by atoms with Gasteiger partial charge in [0.25, 0.3) is 6.02 Å². The maximum atomic E-state index is 5.41. The molecule has 0 aliphatic carbocycles. The van der Waals surface area contributed by atoms with Gasteiger partial charge in [0.2, 0.25) is 0 Å². The van der Waals surface area contributed by atoms with Crippen molar-refractivity contribution in [2.45, 2.75) is 10.9 Å². The lowest BCUT2D eigenvalue weighted by Crippen LogP contribution is -2.10. The third-order valence-corrected chi connectivity index (χ3v) is 3.08. The first-order chi connectivity index (χ1) is 6.84. The fourth-order valence-corrected chi connectivity index (χ4v) is 2.14. The molecule has 0 fully saturated rings. The lowest BCUT2D eigenvalue weighted by molar-refractivity contribution is 0.320. The van der Waals surface area contributed by atoms with Gasteiger partial charge in [-0.1, -0.05) is 18.2 Å². The van der Waals surface area contributed by atoms with Gasteiger partial charge in [-0.2, -0.15) is 0 Å². The van der Waals surface area contributed by atoms with E-state index in [0.29, 0.717) is 12.6 Å². The Kier molecular flexibility index (Phi) is 2.93. The highest BCUT2D eigenvalue weighted by Crippen LogP contribution is 2.20. The quantitative estimate of drug-likeness (QED) is 0.766. The summed E-state index contributed by atoms with van der Waals surface area (Å²) in [7, 11) is 0. The summed E-state index contributed by atoms with van der Waals surface area (Å²) in [5, 5.41) is 0. The SMILES string of the molecule is NC1=NC(CSc2ccccc2)CO1. The zero-order valence-electron chi connectivity index (χ0n) is 7.72. The molecule has 1 aromatic carbocycles. The van der Waals surface area contributed by atoms with Crippen LogP contribution in [0.5, 0.6) is 0 Å². The van der Waals surface area contributed by atoms with Crippen molar-refractivity contribution in [3.63, 3.8) is 0 Å². The smallest absolute Gasteiger partial charge is 0.282 e. The van der Waals surface area contributed by atoms with Crippen LogP contribution in [0.3, 0.4) is 0 Å². The van der Waals surface area contributed by atoms with E-state index in [9.17, 15) is 0 Å². The predicted molar refractivity (Wildman–Crippen MR) is 58.5 cm³/mol. The van der Waals surface area contributed by atoms with E-state index in [2.05, 4.69) is 17.1 Å². The van der Waals surface area contributed by atoms with Crippen molar-refractivity contribution in [1.29, 1.82) is 0 Å². The van der Waals surface area contributed by atoms with Crippen LogP contribution in [0.15, 0.2) is 40.2 Å². The Morgan fingerprint density at radius 2 is 2.21 bits per heavy atom. The summed E-state index contributed by atoms with van der Waals surface area (Å²) in [4.78, 5) is 5.41. The van der Waals surface area contributed by atoms with Crippen LogP contribution in [0.4, 0.5) is 0 Å². The molecular formula is C10H12N2OS. The van der Waals surface area contributed by atoms with Crippen molar-refractivity contribution in [3.05, 3.63) is 30.3 Å². The topological polar surface area (TPSA) is 47.6 Å². The molecule has 1 atom stereocenters. The molecule has 1 aliphatic rings. The molecular weight excluding hydrogens is 196 g/mol. The molecule has 1 heterocycles. The molecule has 0 spiro atoms. The van der Waals surface area contributed by atoms with Gasteiger partial charge in [-0.15, -0.1) is 11.8 Å². The molecule has 0 radical (unpaired) electrons. The second kappa shape index (κ2) is 4.37. The van der Waals surface area contributed by atoms with Crippen molar-refractivity contribution < 1.29 is 4.74 Å². The van der Waals surface area contributed by atoms with E-state index in [1.54, 1.807) is 11.8 Å². The van der Waals surface area contributed by atoms with Gasteiger partial charge in [-0.25, -0.2) is 4.99 Å². The van der Waals surface area contributed by atoms with Gasteiger partial charge in [0.1, 0.15) is 6.61 Å². The lowest BCUT2D eigenvalue weighted by Gasteiger charge is -2.03. The van der Waals surface area contributed by atoms with Crippen molar-refractivity contribution in [1.82, 2.24) is 0 Å². The van der Waals surface area contributed by atoms with Gasteiger partial charge in [-0.05, 0) is 12.1 Å². The third-order valence-electron chi connectivity index (χ3n) is 1.92. The van der Waals surface area contributed by atoms with Gasteiger partial charge in [0.15, 0.2) is 0 Å². The molecule has 0 bridgehead atoms. The van der Waals surface area contributed by atoms with Crippen molar-refractivity contribution in [3.8, 4) is 0 Å². The lowest BCUT2D eigenvalue weighted by atomic mass is 10.4. The van der Waals surface area contributed by atoms with Crippen LogP contribution in [0.1, 0.15) is 0 Å². The molecule has 74 valence electrons. The zero-order chi connectivity index (χ0) is 9.80. The Hall–Kier alpha value is -1.16. The summed E-state index contributed by atoms with van der Waals surface area (Å²) < 4.78 is 5.07. The van der Waals surface area contributed by atoms with Gasteiger partial charge in [-0.3, -0.25) is 0 Å². The standard InChI is InChI=1S/C10H12N2OS/c11-10-12-8(6-13-10)7-14-9-4-2-1-3-5-9/h1-5,8H,6-7H2,(H2,11,12). The largest absolute Gasteiger partial charge is 0.463 e. The van der Waals surface area contributed by atoms with Gasteiger partial charge >= 0.3 is 0 Å². The molecule has 1 aliphatic heterocycles. The highest BCUT2D eigenvalue weighted by Gasteiger charge is 2.16. The van der Waals surface area contributed by atoms with Crippen LogP contribution >= 0.6 is 11.8 Å². The summed E-state index contributed by atoms with van der Waals surface area (Å²) in [6, 6.07) is 10.8. The second-order valence-electron chi connectivity index (χ2n) is 3.06. The summed E-state index contributed by atoms with van der Waals surface area (Å²) >= 11 is 1.78. The Balaban J connectivity index is 1.84. The molecule has 0 aromatic heterocycles. The first-order valence-corrected chi connectivity index (χ1v) is 5.47. The summed E-state index contributed by atoms with van der Waals surface area (Å²) in [5.74, 6) is 0.921. The van der Waals surface area contributed by atoms with Crippen LogP contribution in [-0.2, 0) is 4.74 Å². The summed E-state index contributed by atoms with van der Waals surface area (Å²) in [5.41, 5.74) is 5.41. The maximum absolute atomic E-state index is 5.41. The van der Waals surface area contributed by atoms with Crippen molar-refractivity contribution in [2.75, 3.05) is 12.4 Å². The molecule has 14 heavy (non-hydrogen) atoms. The molecule has 0 saturated heterocycles. The number of hydrogen-bond donors (Lipinski definition) is 1. The summed E-state index contributed by atoms with van der Waals surface area (Å²) in [6.45, 7) is 0.617. The van der Waals surface area contributed by atoms with Crippen LogP contribution in [-0.4, -0.2) is 24.4 Å². The Bertz CT molecular complexity index is 326. The predicted octanol–water partition coefficient (Wildman–Crippen LogP) is 1.49. The highest BCUT2D eigenvalue weighted by atomic mass is 32.2. The average molecular weight is 208 g/mol. The number of hydrogen-bond acceptors (Lipinski definition) is 4. The van der Waals surface area contributed by atoms with E-state index in [1.807, 2.05) is 18.2 Å².